The van der Waals surface area contributed by atoms with Crippen LogP contribution in [0.2, 0.25) is 0 Å². The molecule has 2 aromatic heterocycles. The van der Waals surface area contributed by atoms with E-state index >= 15 is 0 Å². The van der Waals surface area contributed by atoms with E-state index in [4.69, 9.17) is 4.42 Å². The molecule has 2 aromatic rings. The summed E-state index contributed by atoms with van der Waals surface area (Å²) in [6.45, 7) is 1.23. The standard InChI is InChI=1S/C16H16F3N3O2/c17-16(18,19)11-3-4-14(20-10-11)22-7-5-12(6-8-22)21-15(23)13-2-1-9-24-13/h1-4,9-10,12H,5-8H2,(H,21,23). The second kappa shape index (κ2) is 6.54. The van der Waals surface area contributed by atoms with Crippen molar-refractivity contribution in [1.82, 2.24) is 10.3 Å². The molecule has 1 aliphatic heterocycles. The summed E-state index contributed by atoms with van der Waals surface area (Å²) in [6.07, 6.45) is -0.715. The zero-order chi connectivity index (χ0) is 17.2. The van der Waals surface area contributed by atoms with Gasteiger partial charge in [0.25, 0.3) is 5.91 Å². The Morgan fingerprint density at radius 1 is 1.25 bits per heavy atom. The van der Waals surface area contributed by atoms with E-state index < -0.39 is 11.7 Å². The molecule has 1 aliphatic rings. The number of carbonyl (C=O) groups excluding carboxylic acids is 1. The van der Waals surface area contributed by atoms with Gasteiger partial charge in [-0.2, -0.15) is 13.2 Å². The average molecular weight is 339 g/mol. The molecule has 0 saturated carbocycles. The minimum Gasteiger partial charge on any atom is -0.459 e. The van der Waals surface area contributed by atoms with Gasteiger partial charge >= 0.3 is 6.18 Å². The molecule has 0 aromatic carbocycles. The van der Waals surface area contributed by atoms with E-state index in [1.165, 1.54) is 12.3 Å². The third kappa shape index (κ3) is 3.69. The molecule has 0 radical (unpaired) electrons. The quantitative estimate of drug-likeness (QED) is 0.934. The number of aromatic nitrogens is 1. The van der Waals surface area contributed by atoms with E-state index in [1.807, 2.05) is 4.90 Å². The first-order valence-electron chi connectivity index (χ1n) is 7.56. The van der Waals surface area contributed by atoms with E-state index in [-0.39, 0.29) is 17.7 Å². The molecule has 1 N–H and O–H groups in total. The zero-order valence-corrected chi connectivity index (χ0v) is 12.7. The molecule has 1 amide bonds. The third-order valence-electron chi connectivity index (χ3n) is 3.97. The molecule has 3 heterocycles. The fourth-order valence-electron chi connectivity index (χ4n) is 2.66. The van der Waals surface area contributed by atoms with Crippen LogP contribution in [0, 0.1) is 0 Å². The number of hydrogen-bond donors (Lipinski definition) is 1. The van der Waals surface area contributed by atoms with E-state index in [0.29, 0.717) is 31.7 Å². The Morgan fingerprint density at radius 2 is 2.00 bits per heavy atom. The predicted molar refractivity (Wildman–Crippen MR) is 80.6 cm³/mol. The number of alkyl halides is 3. The maximum atomic E-state index is 12.5. The summed E-state index contributed by atoms with van der Waals surface area (Å²) in [4.78, 5) is 17.7. The molecule has 0 aliphatic carbocycles. The summed E-state index contributed by atoms with van der Waals surface area (Å²) in [7, 11) is 0. The van der Waals surface area contributed by atoms with Gasteiger partial charge in [0, 0.05) is 25.3 Å². The van der Waals surface area contributed by atoms with Gasteiger partial charge in [-0.25, -0.2) is 4.98 Å². The first kappa shape index (κ1) is 16.4. The lowest BCUT2D eigenvalue weighted by Gasteiger charge is -2.33. The summed E-state index contributed by atoms with van der Waals surface area (Å²) < 4.78 is 42.7. The van der Waals surface area contributed by atoms with Gasteiger partial charge in [0.2, 0.25) is 0 Å². The van der Waals surface area contributed by atoms with Gasteiger partial charge in [-0.15, -0.1) is 0 Å². The highest BCUT2D eigenvalue weighted by Gasteiger charge is 2.31. The van der Waals surface area contributed by atoms with E-state index in [1.54, 1.807) is 12.1 Å². The summed E-state index contributed by atoms with van der Waals surface area (Å²) in [5.74, 6) is 0.520. The highest BCUT2D eigenvalue weighted by Crippen LogP contribution is 2.29. The highest BCUT2D eigenvalue weighted by atomic mass is 19.4. The Bertz CT molecular complexity index is 676. The first-order chi connectivity index (χ1) is 11.4. The van der Waals surface area contributed by atoms with Gasteiger partial charge in [-0.3, -0.25) is 4.79 Å². The van der Waals surface area contributed by atoms with Crippen LogP contribution in [-0.2, 0) is 6.18 Å². The molecule has 3 rings (SSSR count). The minimum absolute atomic E-state index is 0.00768. The Labute approximate surface area is 136 Å². The van der Waals surface area contributed by atoms with Crippen LogP contribution in [0.4, 0.5) is 19.0 Å². The molecule has 0 unspecified atom stereocenters. The largest absolute Gasteiger partial charge is 0.459 e. The number of amides is 1. The van der Waals surface area contributed by atoms with Crippen LogP contribution in [0.15, 0.2) is 41.1 Å². The van der Waals surface area contributed by atoms with Crippen molar-refractivity contribution in [3.05, 3.63) is 48.0 Å². The lowest BCUT2D eigenvalue weighted by Crippen LogP contribution is -2.44. The van der Waals surface area contributed by atoms with Gasteiger partial charge in [0.15, 0.2) is 5.76 Å². The number of carbonyl (C=O) groups is 1. The molecular weight excluding hydrogens is 323 g/mol. The molecule has 0 spiro atoms. The van der Waals surface area contributed by atoms with Crippen molar-refractivity contribution in [3.8, 4) is 0 Å². The Kier molecular flexibility index (Phi) is 4.46. The van der Waals surface area contributed by atoms with Gasteiger partial charge in [-0.05, 0) is 37.1 Å². The number of anilines is 1. The number of hydrogen-bond acceptors (Lipinski definition) is 4. The van der Waals surface area contributed by atoms with Crippen molar-refractivity contribution < 1.29 is 22.4 Å². The Balaban J connectivity index is 1.54. The molecule has 0 atom stereocenters. The van der Waals surface area contributed by atoms with E-state index in [9.17, 15) is 18.0 Å². The van der Waals surface area contributed by atoms with Crippen LogP contribution in [0.3, 0.4) is 0 Å². The van der Waals surface area contributed by atoms with Crippen molar-refractivity contribution in [3.63, 3.8) is 0 Å². The van der Waals surface area contributed by atoms with Crippen LogP contribution in [0.25, 0.3) is 0 Å². The molecule has 128 valence electrons. The van der Waals surface area contributed by atoms with Crippen LogP contribution in [-0.4, -0.2) is 30.0 Å². The Morgan fingerprint density at radius 3 is 2.54 bits per heavy atom. The number of rotatable bonds is 3. The lowest BCUT2D eigenvalue weighted by molar-refractivity contribution is -0.137. The van der Waals surface area contributed by atoms with E-state index in [0.717, 1.165) is 12.3 Å². The van der Waals surface area contributed by atoms with Crippen LogP contribution in [0.5, 0.6) is 0 Å². The average Bonchev–Trinajstić information content (AvgIpc) is 3.09. The minimum atomic E-state index is -4.38. The highest BCUT2D eigenvalue weighted by molar-refractivity contribution is 5.91. The van der Waals surface area contributed by atoms with Crippen molar-refractivity contribution in [2.24, 2.45) is 0 Å². The maximum absolute atomic E-state index is 12.5. The number of furan rings is 1. The maximum Gasteiger partial charge on any atom is 0.417 e. The molecule has 5 nitrogen and oxygen atoms in total. The van der Waals surface area contributed by atoms with E-state index in [2.05, 4.69) is 10.3 Å². The zero-order valence-electron chi connectivity index (χ0n) is 12.7. The molecule has 0 bridgehead atoms. The lowest BCUT2D eigenvalue weighted by atomic mass is 10.0. The summed E-state index contributed by atoms with van der Waals surface area (Å²) >= 11 is 0. The van der Waals surface area contributed by atoms with Crippen molar-refractivity contribution in [1.29, 1.82) is 0 Å². The number of pyridine rings is 1. The third-order valence-corrected chi connectivity index (χ3v) is 3.97. The second-order valence-electron chi connectivity index (χ2n) is 5.61. The van der Waals surface area contributed by atoms with Crippen molar-refractivity contribution >= 4 is 11.7 Å². The predicted octanol–water partition coefficient (Wildman–Crippen LogP) is 3.09. The first-order valence-corrected chi connectivity index (χ1v) is 7.56. The van der Waals surface area contributed by atoms with Gasteiger partial charge in [0.05, 0.1) is 11.8 Å². The van der Waals surface area contributed by atoms with Gasteiger partial charge in [-0.1, -0.05) is 0 Å². The van der Waals surface area contributed by atoms with Crippen molar-refractivity contribution in [2.75, 3.05) is 18.0 Å². The van der Waals surface area contributed by atoms with Gasteiger partial charge < -0.3 is 14.6 Å². The normalized spacial score (nSPS) is 16.2. The number of halogens is 3. The van der Waals surface area contributed by atoms with Crippen LogP contribution < -0.4 is 10.2 Å². The fourth-order valence-corrected chi connectivity index (χ4v) is 2.66. The molecule has 24 heavy (non-hydrogen) atoms. The van der Waals surface area contributed by atoms with Crippen LogP contribution >= 0.6 is 0 Å². The monoisotopic (exact) mass is 339 g/mol. The fraction of sp³-hybridized carbons (Fsp3) is 0.375. The molecular formula is C16H16F3N3O2. The smallest absolute Gasteiger partial charge is 0.417 e. The van der Waals surface area contributed by atoms with Crippen molar-refractivity contribution in [2.45, 2.75) is 25.1 Å². The van der Waals surface area contributed by atoms with Crippen LogP contribution in [0.1, 0.15) is 29.0 Å². The molecule has 1 fully saturated rings. The topological polar surface area (TPSA) is 58.4 Å². The van der Waals surface area contributed by atoms with Gasteiger partial charge in [0.1, 0.15) is 5.82 Å². The summed E-state index contributed by atoms with van der Waals surface area (Å²) in [5, 5.41) is 2.89. The number of nitrogens with one attached hydrogen (secondary N) is 1. The Hall–Kier alpha value is -2.51. The molecule has 8 heteroatoms. The summed E-state index contributed by atoms with van der Waals surface area (Å²) in [5.41, 5.74) is -0.758. The molecule has 1 saturated heterocycles. The summed E-state index contributed by atoms with van der Waals surface area (Å²) in [6, 6.07) is 5.66. The number of piperidine rings is 1. The second-order valence-corrected chi connectivity index (χ2v) is 5.61. The number of nitrogens with zero attached hydrogens (tertiary/aromatic N) is 2. The SMILES string of the molecule is O=C(NC1CCN(c2ccc(C(F)(F)F)cn2)CC1)c1ccco1.